The minimum Gasteiger partial charge on any atom is -0.328 e. The zero-order valence-corrected chi connectivity index (χ0v) is 10.0. The first-order valence-corrected chi connectivity index (χ1v) is 5.63. The number of hydrogen-bond acceptors (Lipinski definition) is 4. The molecule has 0 spiro atoms. The van der Waals surface area contributed by atoms with E-state index >= 15 is 0 Å². The quantitative estimate of drug-likeness (QED) is 0.618. The van der Waals surface area contributed by atoms with Crippen molar-refractivity contribution in [2.24, 2.45) is 0 Å². The van der Waals surface area contributed by atoms with Gasteiger partial charge in [0.05, 0.1) is 6.61 Å². The zero-order chi connectivity index (χ0) is 10.9. The van der Waals surface area contributed by atoms with Gasteiger partial charge in [0.1, 0.15) is 0 Å². The summed E-state index contributed by atoms with van der Waals surface area (Å²) in [6.07, 6.45) is 0. The zero-order valence-electron chi connectivity index (χ0n) is 9.11. The average molecular weight is 211 g/mol. The summed E-state index contributed by atoms with van der Waals surface area (Å²) < 4.78 is 4.22. The van der Waals surface area contributed by atoms with Crippen molar-refractivity contribution in [1.29, 1.82) is 0 Å². The highest BCUT2D eigenvalue weighted by molar-refractivity contribution is 7.39. The van der Waals surface area contributed by atoms with Gasteiger partial charge < -0.3 is 19.6 Å². The molecule has 0 aromatic carbocycles. The monoisotopic (exact) mass is 211 g/mol. The van der Waals surface area contributed by atoms with Crippen molar-refractivity contribution < 1.29 is 14.3 Å². The lowest BCUT2D eigenvalue weighted by atomic mass is 10.3. The molecule has 0 aromatic rings. The van der Waals surface area contributed by atoms with E-state index in [0.717, 1.165) is 0 Å². The van der Waals surface area contributed by atoms with Gasteiger partial charge in [-0.3, -0.25) is 0 Å². The lowest BCUT2D eigenvalue weighted by Crippen LogP contribution is -2.29. The molecule has 0 amide bonds. The molecule has 0 bridgehead atoms. The van der Waals surface area contributed by atoms with E-state index in [9.17, 15) is 0 Å². The summed E-state index contributed by atoms with van der Waals surface area (Å²) in [7, 11) is -2.10. The Bertz CT molecular complexity index is 93.4. The van der Waals surface area contributed by atoms with Gasteiger partial charge in [-0.2, -0.15) is 0 Å². The number of hydrogen-bond donors (Lipinski definition) is 3. The summed E-state index contributed by atoms with van der Waals surface area (Å²) in [5.41, 5.74) is 0. The van der Waals surface area contributed by atoms with Gasteiger partial charge in [0.15, 0.2) is 0 Å². The summed E-state index contributed by atoms with van der Waals surface area (Å²) in [6, 6.07) is 1.25. The van der Waals surface area contributed by atoms with Crippen LogP contribution in [0.1, 0.15) is 34.6 Å². The van der Waals surface area contributed by atoms with Gasteiger partial charge in [0.25, 0.3) is 0 Å². The third-order valence-electron chi connectivity index (χ3n) is 0.911. The van der Waals surface area contributed by atoms with E-state index in [0.29, 0.717) is 18.7 Å². The molecule has 3 N–H and O–H groups in total. The largest absolute Gasteiger partial charge is 0.328 e. The lowest BCUT2D eigenvalue weighted by molar-refractivity contribution is 0.269. The Morgan fingerprint density at radius 2 is 1.54 bits per heavy atom. The van der Waals surface area contributed by atoms with Crippen LogP contribution < -0.4 is 5.32 Å². The highest BCUT2D eigenvalue weighted by Gasteiger charge is 1.92. The maximum Gasteiger partial charge on any atom is 0.327 e. The average Bonchev–Trinajstić information content (AvgIpc) is 1.83. The molecule has 0 aliphatic heterocycles. The van der Waals surface area contributed by atoms with E-state index in [4.69, 9.17) is 9.79 Å². The molecule has 0 heterocycles. The van der Waals surface area contributed by atoms with Crippen LogP contribution in [0.4, 0.5) is 0 Å². The molecule has 0 radical (unpaired) electrons. The maximum atomic E-state index is 7.95. The Labute approximate surface area is 82.3 Å². The topological polar surface area (TPSA) is 61.7 Å². The second-order valence-electron chi connectivity index (χ2n) is 3.15. The van der Waals surface area contributed by atoms with Gasteiger partial charge in [-0.1, -0.05) is 27.7 Å². The van der Waals surface area contributed by atoms with Crippen LogP contribution >= 0.6 is 8.60 Å². The van der Waals surface area contributed by atoms with Crippen LogP contribution in [-0.2, 0) is 4.52 Å². The van der Waals surface area contributed by atoms with Gasteiger partial charge >= 0.3 is 8.60 Å². The lowest BCUT2D eigenvalue weighted by Gasteiger charge is -2.10. The second kappa shape index (κ2) is 10.4. The highest BCUT2D eigenvalue weighted by atomic mass is 31.2. The molecule has 0 aromatic heterocycles. The Kier molecular flexibility index (Phi) is 12.5. The molecule has 0 aliphatic rings. The second-order valence-corrected chi connectivity index (χ2v) is 3.91. The van der Waals surface area contributed by atoms with Crippen LogP contribution in [0, 0.1) is 0 Å². The normalized spacial score (nSPS) is 10.6. The first-order valence-electron chi connectivity index (χ1n) is 4.47. The van der Waals surface area contributed by atoms with Crippen molar-refractivity contribution in [3.05, 3.63) is 0 Å². The van der Waals surface area contributed by atoms with E-state index in [2.05, 4.69) is 37.5 Å². The van der Waals surface area contributed by atoms with Crippen LogP contribution in [0.3, 0.4) is 0 Å². The van der Waals surface area contributed by atoms with Crippen molar-refractivity contribution >= 4 is 8.60 Å². The van der Waals surface area contributed by atoms with Gasteiger partial charge in [0.2, 0.25) is 0 Å². The Hall–Kier alpha value is 0.270. The van der Waals surface area contributed by atoms with E-state index in [-0.39, 0.29) is 0 Å². The molecule has 5 heteroatoms. The predicted molar refractivity (Wildman–Crippen MR) is 56.4 cm³/mol. The van der Waals surface area contributed by atoms with E-state index in [1.807, 2.05) is 0 Å². The Morgan fingerprint density at radius 3 is 1.54 bits per heavy atom. The van der Waals surface area contributed by atoms with Crippen molar-refractivity contribution in [2.45, 2.75) is 46.7 Å². The van der Waals surface area contributed by atoms with Gasteiger partial charge in [-0.15, -0.1) is 0 Å². The molecule has 0 saturated carbocycles. The molecular weight excluding hydrogens is 189 g/mol. The fourth-order valence-corrected chi connectivity index (χ4v) is 1.01. The van der Waals surface area contributed by atoms with Gasteiger partial charge in [-0.05, 0) is 6.92 Å². The standard InChI is InChI=1S/C6H15N.C2H7O3P/c1-5(2)7-6(3)4;1-2-5-6(3)4/h5-7H,1-4H3;3-4H,2H2,1H3. The summed E-state index contributed by atoms with van der Waals surface area (Å²) in [4.78, 5) is 15.9. The van der Waals surface area contributed by atoms with Gasteiger partial charge in [-0.25, -0.2) is 0 Å². The fraction of sp³-hybridized carbons (Fsp3) is 1.00. The molecule has 82 valence electrons. The number of nitrogens with one attached hydrogen (secondary N) is 1. The minimum absolute atomic E-state index is 0.360. The summed E-state index contributed by atoms with van der Waals surface area (Å²) in [6.45, 7) is 10.7. The molecule has 0 fully saturated rings. The van der Waals surface area contributed by atoms with Crippen molar-refractivity contribution in [3.63, 3.8) is 0 Å². The third kappa shape index (κ3) is 24.5. The van der Waals surface area contributed by atoms with E-state index in [1.54, 1.807) is 6.92 Å². The molecule has 13 heavy (non-hydrogen) atoms. The molecular formula is C8H22NO3P. The first-order chi connectivity index (χ1) is 5.90. The van der Waals surface area contributed by atoms with Crippen molar-refractivity contribution in [3.8, 4) is 0 Å². The molecule has 0 atom stereocenters. The summed E-state index contributed by atoms with van der Waals surface area (Å²) in [5.74, 6) is 0. The van der Waals surface area contributed by atoms with Crippen LogP contribution in [0.5, 0.6) is 0 Å². The van der Waals surface area contributed by atoms with Gasteiger partial charge in [0, 0.05) is 12.1 Å². The Morgan fingerprint density at radius 1 is 1.15 bits per heavy atom. The molecule has 0 saturated heterocycles. The Balaban J connectivity index is 0. The predicted octanol–water partition coefficient (Wildman–Crippen LogP) is 1.63. The minimum atomic E-state index is -2.10. The van der Waals surface area contributed by atoms with Crippen molar-refractivity contribution in [2.75, 3.05) is 6.61 Å². The molecule has 0 unspecified atom stereocenters. The number of rotatable bonds is 4. The molecule has 4 nitrogen and oxygen atoms in total. The fourth-order valence-electron chi connectivity index (χ4n) is 0.782. The van der Waals surface area contributed by atoms with Crippen LogP contribution in [0.15, 0.2) is 0 Å². The van der Waals surface area contributed by atoms with Crippen LogP contribution in [0.2, 0.25) is 0 Å². The molecule has 0 rings (SSSR count). The summed E-state index contributed by atoms with van der Waals surface area (Å²) in [5, 5.41) is 3.31. The molecule has 0 aliphatic carbocycles. The smallest absolute Gasteiger partial charge is 0.327 e. The summed E-state index contributed by atoms with van der Waals surface area (Å²) >= 11 is 0. The van der Waals surface area contributed by atoms with Crippen LogP contribution in [-0.4, -0.2) is 28.5 Å². The highest BCUT2D eigenvalue weighted by Crippen LogP contribution is 2.22. The maximum absolute atomic E-state index is 7.95. The van der Waals surface area contributed by atoms with Crippen LogP contribution in [0.25, 0.3) is 0 Å². The SMILES string of the molecule is CC(C)NC(C)C.CCOP(O)O. The van der Waals surface area contributed by atoms with Crippen molar-refractivity contribution in [1.82, 2.24) is 5.32 Å². The van der Waals surface area contributed by atoms with E-state index in [1.165, 1.54) is 0 Å². The van der Waals surface area contributed by atoms with E-state index < -0.39 is 8.60 Å². The first kappa shape index (κ1) is 15.7. The third-order valence-corrected chi connectivity index (χ3v) is 1.40.